The molecule has 2 amide bonds. The standard InChI is InChI=1S/C23H32N2O3/c1-13(2)20(14(3)4)19(26)12-24-22(27)21(15(5)6)25-16(7)17-10-8-9-11-18(17)23(25)28/h8-11,13-15,20-21H,7,12H2,1-6H3,(H,24,27). The van der Waals surface area contributed by atoms with E-state index in [2.05, 4.69) is 11.9 Å². The number of nitrogens with zero attached hydrogens (tertiary/aromatic N) is 1. The molecule has 0 radical (unpaired) electrons. The van der Waals surface area contributed by atoms with Gasteiger partial charge in [-0.2, -0.15) is 0 Å². The molecule has 1 aromatic carbocycles. The number of benzene rings is 1. The van der Waals surface area contributed by atoms with Crippen LogP contribution in [0.1, 0.15) is 57.5 Å². The topological polar surface area (TPSA) is 66.5 Å². The van der Waals surface area contributed by atoms with Crippen molar-refractivity contribution in [3.8, 4) is 0 Å². The fourth-order valence-electron chi connectivity index (χ4n) is 4.23. The number of hydrogen-bond acceptors (Lipinski definition) is 3. The Morgan fingerprint density at radius 2 is 1.50 bits per heavy atom. The summed E-state index contributed by atoms with van der Waals surface area (Å²) in [5.74, 6) is -0.336. The van der Waals surface area contributed by atoms with Crippen molar-refractivity contribution in [3.05, 3.63) is 42.0 Å². The molecular weight excluding hydrogens is 352 g/mol. The molecule has 1 N–H and O–H groups in total. The molecule has 1 heterocycles. The first-order valence-electron chi connectivity index (χ1n) is 10.00. The lowest BCUT2D eigenvalue weighted by Crippen LogP contribution is -2.51. The Hall–Kier alpha value is -2.43. The number of amides is 2. The van der Waals surface area contributed by atoms with Crippen LogP contribution in [0.2, 0.25) is 0 Å². The number of fused-ring (bicyclic) bond motifs is 1. The van der Waals surface area contributed by atoms with Crippen LogP contribution in [0, 0.1) is 23.7 Å². The van der Waals surface area contributed by atoms with Crippen LogP contribution in [0.3, 0.4) is 0 Å². The van der Waals surface area contributed by atoms with Crippen LogP contribution in [0.5, 0.6) is 0 Å². The van der Waals surface area contributed by atoms with Crippen molar-refractivity contribution >= 4 is 23.3 Å². The largest absolute Gasteiger partial charge is 0.347 e. The molecule has 0 spiro atoms. The summed E-state index contributed by atoms with van der Waals surface area (Å²) < 4.78 is 0. The van der Waals surface area contributed by atoms with Gasteiger partial charge in [-0.1, -0.05) is 66.3 Å². The first-order chi connectivity index (χ1) is 13.1. The molecule has 152 valence electrons. The van der Waals surface area contributed by atoms with Crippen molar-refractivity contribution < 1.29 is 14.4 Å². The summed E-state index contributed by atoms with van der Waals surface area (Å²) >= 11 is 0. The van der Waals surface area contributed by atoms with Crippen LogP contribution in [0.15, 0.2) is 30.8 Å². The molecule has 1 aliphatic rings. The van der Waals surface area contributed by atoms with Gasteiger partial charge in [0.25, 0.3) is 5.91 Å². The zero-order valence-electron chi connectivity index (χ0n) is 17.8. The SMILES string of the molecule is C=C1c2ccccc2C(=O)N1C(C(=O)NCC(=O)C(C(C)C)C(C)C)C(C)C. The molecule has 2 rings (SSSR count). The molecule has 5 heteroatoms. The van der Waals surface area contributed by atoms with E-state index in [-0.39, 0.29) is 47.8 Å². The smallest absolute Gasteiger partial charge is 0.259 e. The number of nitrogens with one attached hydrogen (secondary N) is 1. The van der Waals surface area contributed by atoms with Gasteiger partial charge in [0.2, 0.25) is 5.91 Å². The predicted octanol–water partition coefficient (Wildman–Crippen LogP) is 3.75. The molecule has 0 aromatic heterocycles. The molecular formula is C23H32N2O3. The van der Waals surface area contributed by atoms with Crippen LogP contribution in [-0.2, 0) is 9.59 Å². The molecule has 1 unspecified atom stereocenters. The molecule has 28 heavy (non-hydrogen) atoms. The van der Waals surface area contributed by atoms with E-state index >= 15 is 0 Å². The maximum Gasteiger partial charge on any atom is 0.259 e. The van der Waals surface area contributed by atoms with Gasteiger partial charge in [-0.15, -0.1) is 0 Å². The average molecular weight is 385 g/mol. The highest BCUT2D eigenvalue weighted by Gasteiger charge is 2.40. The molecule has 0 fully saturated rings. The fraction of sp³-hybridized carbons (Fsp3) is 0.522. The predicted molar refractivity (Wildman–Crippen MR) is 111 cm³/mol. The number of ketones is 1. The highest BCUT2D eigenvalue weighted by Crippen LogP contribution is 2.34. The maximum atomic E-state index is 13.0. The lowest BCUT2D eigenvalue weighted by atomic mass is 9.82. The molecule has 0 saturated heterocycles. The van der Waals surface area contributed by atoms with Gasteiger partial charge in [-0.25, -0.2) is 0 Å². The lowest BCUT2D eigenvalue weighted by Gasteiger charge is -2.31. The molecule has 0 saturated carbocycles. The summed E-state index contributed by atoms with van der Waals surface area (Å²) in [6.45, 7) is 15.9. The first kappa shape index (κ1) is 21.9. The van der Waals surface area contributed by atoms with E-state index in [0.29, 0.717) is 11.3 Å². The van der Waals surface area contributed by atoms with Crippen molar-refractivity contribution in [2.75, 3.05) is 6.54 Å². The first-order valence-corrected chi connectivity index (χ1v) is 10.00. The van der Waals surface area contributed by atoms with E-state index in [4.69, 9.17) is 0 Å². The zero-order valence-corrected chi connectivity index (χ0v) is 17.8. The van der Waals surface area contributed by atoms with Gasteiger partial charge < -0.3 is 5.32 Å². The summed E-state index contributed by atoms with van der Waals surface area (Å²) in [6, 6.07) is 6.52. The van der Waals surface area contributed by atoms with E-state index < -0.39 is 6.04 Å². The minimum atomic E-state index is -0.711. The third kappa shape index (κ3) is 4.18. The van der Waals surface area contributed by atoms with Crippen molar-refractivity contribution in [1.82, 2.24) is 10.2 Å². The van der Waals surface area contributed by atoms with Gasteiger partial charge in [0.15, 0.2) is 5.78 Å². The summed E-state index contributed by atoms with van der Waals surface area (Å²) in [5.41, 5.74) is 1.84. The Balaban J connectivity index is 2.17. The van der Waals surface area contributed by atoms with E-state index in [1.807, 2.05) is 53.7 Å². The summed E-state index contributed by atoms with van der Waals surface area (Å²) in [4.78, 5) is 40.0. The van der Waals surface area contributed by atoms with E-state index in [0.717, 1.165) is 5.56 Å². The number of hydrogen-bond donors (Lipinski definition) is 1. The fourth-order valence-corrected chi connectivity index (χ4v) is 4.23. The Morgan fingerprint density at radius 1 is 0.964 bits per heavy atom. The minimum absolute atomic E-state index is 0.0233. The van der Waals surface area contributed by atoms with Gasteiger partial charge in [0.1, 0.15) is 6.04 Å². The average Bonchev–Trinajstić information content (AvgIpc) is 2.85. The molecule has 1 aliphatic heterocycles. The maximum absolute atomic E-state index is 13.0. The van der Waals surface area contributed by atoms with Crippen molar-refractivity contribution in [3.63, 3.8) is 0 Å². The summed E-state index contributed by atoms with van der Waals surface area (Å²) in [6.07, 6.45) is 0. The number of rotatable bonds is 8. The van der Waals surface area contributed by atoms with Crippen LogP contribution in [0.4, 0.5) is 0 Å². The van der Waals surface area contributed by atoms with Gasteiger partial charge in [0, 0.05) is 22.7 Å². The normalized spacial score (nSPS) is 15.0. The molecule has 1 atom stereocenters. The van der Waals surface area contributed by atoms with Crippen LogP contribution >= 0.6 is 0 Å². The van der Waals surface area contributed by atoms with Gasteiger partial charge >= 0.3 is 0 Å². The molecule has 0 bridgehead atoms. The second-order valence-electron chi connectivity index (χ2n) is 8.55. The van der Waals surface area contributed by atoms with Crippen molar-refractivity contribution in [1.29, 1.82) is 0 Å². The highest BCUT2D eigenvalue weighted by molar-refractivity contribution is 6.11. The molecule has 1 aromatic rings. The second-order valence-corrected chi connectivity index (χ2v) is 8.55. The van der Waals surface area contributed by atoms with E-state index in [1.54, 1.807) is 12.1 Å². The Labute approximate surface area is 168 Å². The summed E-state index contributed by atoms with van der Waals surface area (Å²) in [5, 5.41) is 2.78. The van der Waals surface area contributed by atoms with E-state index in [9.17, 15) is 14.4 Å². The van der Waals surface area contributed by atoms with Crippen LogP contribution in [-0.4, -0.2) is 35.1 Å². The summed E-state index contributed by atoms with van der Waals surface area (Å²) in [7, 11) is 0. The second kappa shape index (κ2) is 8.72. The third-order valence-corrected chi connectivity index (χ3v) is 5.40. The lowest BCUT2D eigenvalue weighted by molar-refractivity contribution is -0.131. The van der Waals surface area contributed by atoms with Crippen molar-refractivity contribution in [2.24, 2.45) is 23.7 Å². The Morgan fingerprint density at radius 3 is 1.96 bits per heavy atom. The zero-order chi connectivity index (χ0) is 21.2. The van der Waals surface area contributed by atoms with Crippen molar-refractivity contribution in [2.45, 2.75) is 47.6 Å². The monoisotopic (exact) mass is 384 g/mol. The van der Waals surface area contributed by atoms with Gasteiger partial charge in [0.05, 0.1) is 6.54 Å². The Bertz CT molecular complexity index is 737. The Kier molecular flexibility index (Phi) is 6.81. The van der Waals surface area contributed by atoms with E-state index in [1.165, 1.54) is 4.90 Å². The van der Waals surface area contributed by atoms with Gasteiger partial charge in [-0.05, 0) is 23.8 Å². The van der Waals surface area contributed by atoms with Crippen LogP contribution in [0.25, 0.3) is 5.70 Å². The molecule has 0 aliphatic carbocycles. The number of Topliss-reactive ketones (excluding diaryl/α,β-unsaturated/α-hetero) is 1. The van der Waals surface area contributed by atoms with Gasteiger partial charge in [-0.3, -0.25) is 19.3 Å². The molecule has 5 nitrogen and oxygen atoms in total. The third-order valence-electron chi connectivity index (χ3n) is 5.40. The van der Waals surface area contributed by atoms with Crippen LogP contribution < -0.4 is 5.32 Å². The number of carbonyl (C=O) groups is 3. The number of carbonyl (C=O) groups excluding carboxylic acids is 3. The quantitative estimate of drug-likeness (QED) is 0.742. The highest BCUT2D eigenvalue weighted by atomic mass is 16.2. The minimum Gasteiger partial charge on any atom is -0.347 e.